The molecule has 2 aromatic rings. The van der Waals surface area contributed by atoms with Crippen LogP contribution in [0.4, 0.5) is 0 Å². The summed E-state index contributed by atoms with van der Waals surface area (Å²) < 4.78 is 26.3. The summed E-state index contributed by atoms with van der Waals surface area (Å²) in [5.74, 6) is 0.230. The predicted molar refractivity (Wildman–Crippen MR) is 96.7 cm³/mol. The predicted octanol–water partition coefficient (Wildman–Crippen LogP) is 1.34. The van der Waals surface area contributed by atoms with Crippen LogP contribution in [0.3, 0.4) is 0 Å². The summed E-state index contributed by atoms with van der Waals surface area (Å²) >= 11 is 0. The molecular weight excluding hydrogens is 354 g/mol. The Labute approximate surface area is 153 Å². The fraction of sp³-hybridized carbons (Fsp3) is 0.529. The SMILES string of the molecule is CC(C)CS(=O)(=O)C1CCN(C(=O)c2cccc(-n3cnnn3)c2)CC1. The summed E-state index contributed by atoms with van der Waals surface area (Å²) in [6.07, 6.45) is 2.45. The van der Waals surface area contributed by atoms with Crippen molar-refractivity contribution in [3.05, 3.63) is 36.2 Å². The maximum atomic E-state index is 12.8. The number of carbonyl (C=O) groups is 1. The lowest BCUT2D eigenvalue weighted by Crippen LogP contribution is -2.43. The van der Waals surface area contributed by atoms with Gasteiger partial charge in [0.05, 0.1) is 16.7 Å². The van der Waals surface area contributed by atoms with Crippen LogP contribution >= 0.6 is 0 Å². The average Bonchev–Trinajstić information content (AvgIpc) is 3.15. The second-order valence-corrected chi connectivity index (χ2v) is 9.35. The van der Waals surface area contributed by atoms with E-state index in [0.29, 0.717) is 37.2 Å². The summed E-state index contributed by atoms with van der Waals surface area (Å²) in [4.78, 5) is 14.5. The van der Waals surface area contributed by atoms with Crippen molar-refractivity contribution in [1.82, 2.24) is 25.1 Å². The number of sulfone groups is 1. The minimum absolute atomic E-state index is 0.0976. The zero-order chi connectivity index (χ0) is 18.7. The third kappa shape index (κ3) is 4.09. The zero-order valence-corrected chi connectivity index (χ0v) is 15.8. The summed E-state index contributed by atoms with van der Waals surface area (Å²) in [6, 6.07) is 7.08. The molecule has 0 unspecified atom stereocenters. The molecular formula is C17H23N5O3S. The van der Waals surface area contributed by atoms with Gasteiger partial charge in [-0.3, -0.25) is 4.79 Å². The number of nitrogens with zero attached hydrogens (tertiary/aromatic N) is 5. The Balaban J connectivity index is 1.67. The number of hydrogen-bond donors (Lipinski definition) is 0. The standard InChI is InChI=1S/C17H23N5O3S/c1-13(2)11-26(24,25)16-6-8-21(9-7-16)17(23)14-4-3-5-15(10-14)22-12-18-19-20-22/h3-5,10,12-13,16H,6-9,11H2,1-2H3. The second kappa shape index (κ2) is 7.53. The number of tetrazole rings is 1. The minimum Gasteiger partial charge on any atom is -0.339 e. The Morgan fingerprint density at radius 1 is 1.27 bits per heavy atom. The van der Waals surface area contributed by atoms with Gasteiger partial charge < -0.3 is 4.90 Å². The zero-order valence-electron chi connectivity index (χ0n) is 14.9. The molecule has 0 N–H and O–H groups in total. The largest absolute Gasteiger partial charge is 0.339 e. The molecule has 26 heavy (non-hydrogen) atoms. The van der Waals surface area contributed by atoms with Crippen LogP contribution in [-0.4, -0.2) is 63.5 Å². The molecule has 0 atom stereocenters. The Bertz CT molecular complexity index is 856. The van der Waals surface area contributed by atoms with E-state index in [-0.39, 0.29) is 22.8 Å². The topological polar surface area (TPSA) is 98.1 Å². The van der Waals surface area contributed by atoms with Gasteiger partial charge in [0.2, 0.25) is 0 Å². The molecule has 1 aromatic carbocycles. The maximum Gasteiger partial charge on any atom is 0.253 e. The van der Waals surface area contributed by atoms with E-state index in [0.717, 1.165) is 0 Å². The van der Waals surface area contributed by atoms with Crippen molar-refractivity contribution in [2.45, 2.75) is 31.9 Å². The monoisotopic (exact) mass is 377 g/mol. The van der Waals surface area contributed by atoms with Gasteiger partial charge in [-0.25, -0.2) is 13.1 Å². The van der Waals surface area contributed by atoms with Crippen LogP contribution in [0, 0.1) is 5.92 Å². The highest BCUT2D eigenvalue weighted by Gasteiger charge is 2.32. The average molecular weight is 377 g/mol. The van der Waals surface area contributed by atoms with E-state index in [2.05, 4.69) is 15.5 Å². The first-order chi connectivity index (χ1) is 12.4. The molecule has 1 aliphatic rings. The highest BCUT2D eigenvalue weighted by Crippen LogP contribution is 2.22. The number of amides is 1. The maximum absolute atomic E-state index is 12.8. The van der Waals surface area contributed by atoms with E-state index in [1.165, 1.54) is 11.0 Å². The van der Waals surface area contributed by atoms with Gasteiger partial charge in [0.1, 0.15) is 6.33 Å². The van der Waals surface area contributed by atoms with Crippen molar-refractivity contribution >= 4 is 15.7 Å². The van der Waals surface area contributed by atoms with Crippen molar-refractivity contribution in [2.24, 2.45) is 5.92 Å². The molecule has 1 aromatic heterocycles. The van der Waals surface area contributed by atoms with Gasteiger partial charge >= 0.3 is 0 Å². The number of hydrogen-bond acceptors (Lipinski definition) is 6. The van der Waals surface area contributed by atoms with Crippen molar-refractivity contribution in [3.63, 3.8) is 0 Å². The molecule has 8 nitrogen and oxygen atoms in total. The third-order valence-corrected chi connectivity index (χ3v) is 7.13. The highest BCUT2D eigenvalue weighted by atomic mass is 32.2. The van der Waals surface area contributed by atoms with Crippen LogP contribution < -0.4 is 0 Å². The summed E-state index contributed by atoms with van der Waals surface area (Å²) in [7, 11) is -3.10. The number of aromatic nitrogens is 4. The van der Waals surface area contributed by atoms with Crippen LogP contribution in [0.2, 0.25) is 0 Å². The Hall–Kier alpha value is -2.29. The fourth-order valence-corrected chi connectivity index (χ4v) is 5.39. The van der Waals surface area contributed by atoms with Crippen molar-refractivity contribution < 1.29 is 13.2 Å². The van der Waals surface area contributed by atoms with Gasteiger partial charge in [0.25, 0.3) is 5.91 Å². The van der Waals surface area contributed by atoms with Crippen LogP contribution in [0.25, 0.3) is 5.69 Å². The summed E-state index contributed by atoms with van der Waals surface area (Å²) in [5.41, 5.74) is 1.25. The van der Waals surface area contributed by atoms with Gasteiger partial charge in [-0.2, -0.15) is 0 Å². The number of piperidine rings is 1. The van der Waals surface area contributed by atoms with Crippen LogP contribution in [0.1, 0.15) is 37.0 Å². The Kier molecular flexibility index (Phi) is 5.36. The molecule has 1 aliphatic heterocycles. The second-order valence-electron chi connectivity index (χ2n) is 7.02. The van der Waals surface area contributed by atoms with Crippen LogP contribution in [-0.2, 0) is 9.84 Å². The summed E-state index contributed by atoms with van der Waals surface area (Å²) in [6.45, 7) is 4.73. The molecule has 0 aliphatic carbocycles. The lowest BCUT2D eigenvalue weighted by atomic mass is 10.1. The van der Waals surface area contributed by atoms with E-state index < -0.39 is 9.84 Å². The quantitative estimate of drug-likeness (QED) is 0.780. The normalized spacial score (nSPS) is 16.2. The summed E-state index contributed by atoms with van der Waals surface area (Å²) in [5, 5.41) is 10.7. The number of carbonyl (C=O) groups excluding carboxylic acids is 1. The van der Waals surface area contributed by atoms with Crippen molar-refractivity contribution in [1.29, 1.82) is 0 Å². The van der Waals surface area contributed by atoms with Gasteiger partial charge in [-0.05, 0) is 47.4 Å². The van der Waals surface area contributed by atoms with E-state index >= 15 is 0 Å². The Morgan fingerprint density at radius 2 is 2.00 bits per heavy atom. The fourth-order valence-electron chi connectivity index (χ4n) is 3.26. The minimum atomic E-state index is -3.10. The van der Waals surface area contributed by atoms with Gasteiger partial charge in [0.15, 0.2) is 9.84 Å². The first-order valence-electron chi connectivity index (χ1n) is 8.71. The lowest BCUT2D eigenvalue weighted by molar-refractivity contribution is 0.0725. The van der Waals surface area contributed by atoms with E-state index in [1.807, 2.05) is 19.9 Å². The molecule has 0 bridgehead atoms. The number of benzene rings is 1. The molecule has 140 valence electrons. The van der Waals surface area contributed by atoms with E-state index in [9.17, 15) is 13.2 Å². The molecule has 1 fully saturated rings. The molecule has 0 saturated carbocycles. The van der Waals surface area contributed by atoms with Crippen LogP contribution in [0.15, 0.2) is 30.6 Å². The molecule has 0 spiro atoms. The van der Waals surface area contributed by atoms with E-state index in [1.54, 1.807) is 23.1 Å². The first kappa shape index (κ1) is 18.5. The van der Waals surface area contributed by atoms with Crippen molar-refractivity contribution in [3.8, 4) is 5.69 Å². The first-order valence-corrected chi connectivity index (χ1v) is 10.4. The number of rotatable bonds is 5. The highest BCUT2D eigenvalue weighted by molar-refractivity contribution is 7.92. The smallest absolute Gasteiger partial charge is 0.253 e. The molecule has 9 heteroatoms. The number of likely N-dealkylation sites (tertiary alicyclic amines) is 1. The van der Waals surface area contributed by atoms with Crippen molar-refractivity contribution in [2.75, 3.05) is 18.8 Å². The van der Waals surface area contributed by atoms with Gasteiger partial charge in [-0.15, -0.1) is 5.10 Å². The molecule has 1 amide bonds. The van der Waals surface area contributed by atoms with Gasteiger partial charge in [0, 0.05) is 18.7 Å². The lowest BCUT2D eigenvalue weighted by Gasteiger charge is -2.32. The molecule has 3 rings (SSSR count). The van der Waals surface area contributed by atoms with Crippen LogP contribution in [0.5, 0.6) is 0 Å². The van der Waals surface area contributed by atoms with E-state index in [4.69, 9.17) is 0 Å². The molecule has 0 radical (unpaired) electrons. The third-order valence-electron chi connectivity index (χ3n) is 4.51. The Morgan fingerprint density at radius 3 is 2.62 bits per heavy atom. The molecule has 2 heterocycles. The molecule has 1 saturated heterocycles. The van der Waals surface area contributed by atoms with Gasteiger partial charge in [-0.1, -0.05) is 19.9 Å².